The molecular weight excluding hydrogens is 240 g/mol. The van der Waals surface area contributed by atoms with Gasteiger partial charge in [0.2, 0.25) is 5.89 Å². The first-order valence-electron chi connectivity index (χ1n) is 5.33. The van der Waals surface area contributed by atoms with Gasteiger partial charge in [-0.15, -0.1) is 5.10 Å². The number of halogens is 1. The molecule has 0 aliphatic heterocycles. The Labute approximate surface area is 104 Å². The van der Waals surface area contributed by atoms with Crippen molar-refractivity contribution in [1.82, 2.24) is 15.5 Å². The Kier molecular flexibility index (Phi) is 3.95. The third kappa shape index (κ3) is 3.44. The predicted octanol–water partition coefficient (Wildman–Crippen LogP) is 2.58. The molecule has 17 heavy (non-hydrogen) atoms. The highest BCUT2D eigenvalue weighted by Crippen LogP contribution is 2.19. The highest BCUT2D eigenvalue weighted by molar-refractivity contribution is 6.30. The Balaban J connectivity index is 2.01. The van der Waals surface area contributed by atoms with Crippen LogP contribution in [0.15, 0.2) is 28.7 Å². The van der Waals surface area contributed by atoms with Crippen molar-refractivity contribution in [3.8, 4) is 0 Å². The summed E-state index contributed by atoms with van der Waals surface area (Å²) in [4.78, 5) is 0. The van der Waals surface area contributed by atoms with Crippen LogP contribution in [0.2, 0.25) is 5.02 Å². The molecule has 0 aliphatic rings. The van der Waals surface area contributed by atoms with Crippen molar-refractivity contribution in [2.75, 3.05) is 11.9 Å². The van der Waals surface area contributed by atoms with Gasteiger partial charge in [0.25, 0.3) is 0 Å². The van der Waals surface area contributed by atoms with Crippen LogP contribution in [-0.2, 0) is 6.54 Å². The molecule has 2 N–H and O–H groups in total. The van der Waals surface area contributed by atoms with Gasteiger partial charge in [0, 0.05) is 10.7 Å². The molecule has 2 aromatic rings. The summed E-state index contributed by atoms with van der Waals surface area (Å²) in [5, 5.41) is 14.5. The zero-order chi connectivity index (χ0) is 12.1. The molecule has 1 heterocycles. The van der Waals surface area contributed by atoms with Gasteiger partial charge < -0.3 is 15.1 Å². The maximum absolute atomic E-state index is 5.87. The van der Waals surface area contributed by atoms with Gasteiger partial charge in [-0.05, 0) is 24.7 Å². The Bertz CT molecular complexity index is 486. The van der Waals surface area contributed by atoms with E-state index >= 15 is 0 Å². The van der Waals surface area contributed by atoms with Crippen molar-refractivity contribution in [1.29, 1.82) is 0 Å². The number of aromatic nitrogens is 2. The summed E-state index contributed by atoms with van der Waals surface area (Å²) >= 11 is 5.87. The van der Waals surface area contributed by atoms with Gasteiger partial charge in [0.05, 0.1) is 6.54 Å². The second-order valence-electron chi connectivity index (χ2n) is 3.42. The van der Waals surface area contributed by atoms with Crippen molar-refractivity contribution < 1.29 is 4.42 Å². The molecule has 1 aromatic heterocycles. The van der Waals surface area contributed by atoms with Crippen LogP contribution in [0.3, 0.4) is 0 Å². The Hall–Kier alpha value is -1.59. The van der Waals surface area contributed by atoms with E-state index < -0.39 is 0 Å². The lowest BCUT2D eigenvalue weighted by atomic mass is 10.3. The second-order valence-corrected chi connectivity index (χ2v) is 3.85. The SMILES string of the molecule is CCNCc1nnc(Nc2cccc(Cl)c2)o1. The van der Waals surface area contributed by atoms with Crippen molar-refractivity contribution in [2.45, 2.75) is 13.5 Å². The number of anilines is 2. The Morgan fingerprint density at radius 3 is 3.00 bits per heavy atom. The number of benzene rings is 1. The zero-order valence-corrected chi connectivity index (χ0v) is 10.2. The van der Waals surface area contributed by atoms with Gasteiger partial charge in [-0.25, -0.2) is 0 Å². The molecule has 0 aliphatic carbocycles. The maximum atomic E-state index is 5.87. The van der Waals surface area contributed by atoms with E-state index in [0.717, 1.165) is 12.2 Å². The van der Waals surface area contributed by atoms with Gasteiger partial charge in [-0.1, -0.05) is 29.7 Å². The van der Waals surface area contributed by atoms with E-state index in [1.54, 1.807) is 12.1 Å². The summed E-state index contributed by atoms with van der Waals surface area (Å²) in [6, 6.07) is 7.67. The zero-order valence-electron chi connectivity index (χ0n) is 9.40. The van der Waals surface area contributed by atoms with Crippen LogP contribution in [0.5, 0.6) is 0 Å². The van der Waals surface area contributed by atoms with Crippen molar-refractivity contribution in [2.24, 2.45) is 0 Å². The minimum absolute atomic E-state index is 0.361. The fraction of sp³-hybridized carbons (Fsp3) is 0.273. The highest BCUT2D eigenvalue weighted by atomic mass is 35.5. The van der Waals surface area contributed by atoms with E-state index in [1.165, 1.54) is 0 Å². The summed E-state index contributed by atoms with van der Waals surface area (Å²) in [5.41, 5.74) is 0.816. The average Bonchev–Trinajstić information content (AvgIpc) is 2.74. The van der Waals surface area contributed by atoms with Crippen LogP contribution in [0.25, 0.3) is 0 Å². The topological polar surface area (TPSA) is 63.0 Å². The normalized spacial score (nSPS) is 10.5. The number of nitrogens with zero attached hydrogens (tertiary/aromatic N) is 2. The fourth-order valence-corrected chi connectivity index (χ4v) is 1.49. The lowest BCUT2D eigenvalue weighted by Gasteiger charge is -2.00. The lowest BCUT2D eigenvalue weighted by Crippen LogP contribution is -2.11. The van der Waals surface area contributed by atoms with Gasteiger partial charge in [-0.3, -0.25) is 0 Å². The molecule has 2 rings (SSSR count). The first-order valence-corrected chi connectivity index (χ1v) is 5.71. The molecule has 0 saturated heterocycles. The van der Waals surface area contributed by atoms with Crippen LogP contribution in [0, 0.1) is 0 Å². The molecule has 0 bridgehead atoms. The van der Waals surface area contributed by atoms with E-state index in [9.17, 15) is 0 Å². The number of rotatable bonds is 5. The number of hydrogen-bond acceptors (Lipinski definition) is 5. The molecule has 0 spiro atoms. The highest BCUT2D eigenvalue weighted by Gasteiger charge is 2.05. The van der Waals surface area contributed by atoms with E-state index in [-0.39, 0.29) is 0 Å². The minimum atomic E-state index is 0.361. The third-order valence-electron chi connectivity index (χ3n) is 2.07. The third-order valence-corrected chi connectivity index (χ3v) is 2.30. The Morgan fingerprint density at radius 2 is 2.24 bits per heavy atom. The van der Waals surface area contributed by atoms with Gasteiger partial charge in [0.15, 0.2) is 0 Å². The van der Waals surface area contributed by atoms with Crippen molar-refractivity contribution in [3.63, 3.8) is 0 Å². The number of hydrogen-bond donors (Lipinski definition) is 2. The Morgan fingerprint density at radius 1 is 1.35 bits per heavy atom. The summed E-state index contributed by atoms with van der Waals surface area (Å²) in [6.45, 7) is 3.45. The molecule has 5 nitrogen and oxygen atoms in total. The molecule has 6 heteroatoms. The van der Waals surface area contributed by atoms with Crippen molar-refractivity contribution in [3.05, 3.63) is 35.2 Å². The summed E-state index contributed by atoms with van der Waals surface area (Å²) in [7, 11) is 0. The van der Waals surface area contributed by atoms with Crippen LogP contribution < -0.4 is 10.6 Å². The van der Waals surface area contributed by atoms with E-state index in [4.69, 9.17) is 16.0 Å². The average molecular weight is 253 g/mol. The fourth-order valence-electron chi connectivity index (χ4n) is 1.30. The van der Waals surface area contributed by atoms with E-state index in [0.29, 0.717) is 23.5 Å². The lowest BCUT2D eigenvalue weighted by molar-refractivity contribution is 0.484. The molecular formula is C11H13ClN4O. The summed E-state index contributed by atoms with van der Waals surface area (Å²) in [5.74, 6) is 0.552. The molecule has 90 valence electrons. The molecule has 0 unspecified atom stereocenters. The standard InChI is InChI=1S/C11H13ClN4O/c1-2-13-7-10-15-16-11(17-10)14-9-5-3-4-8(12)6-9/h3-6,13H,2,7H2,1H3,(H,14,16). The second kappa shape index (κ2) is 5.65. The van der Waals surface area contributed by atoms with E-state index in [2.05, 4.69) is 20.8 Å². The van der Waals surface area contributed by atoms with Gasteiger partial charge >= 0.3 is 6.01 Å². The smallest absolute Gasteiger partial charge is 0.320 e. The monoisotopic (exact) mass is 252 g/mol. The molecule has 0 atom stereocenters. The van der Waals surface area contributed by atoms with Crippen molar-refractivity contribution >= 4 is 23.3 Å². The predicted molar refractivity (Wildman–Crippen MR) is 66.4 cm³/mol. The summed E-state index contributed by atoms with van der Waals surface area (Å²) < 4.78 is 5.39. The molecule has 0 fully saturated rings. The van der Waals surface area contributed by atoms with Crippen LogP contribution in [-0.4, -0.2) is 16.7 Å². The van der Waals surface area contributed by atoms with Gasteiger partial charge in [0.1, 0.15) is 0 Å². The van der Waals surface area contributed by atoms with Crippen LogP contribution >= 0.6 is 11.6 Å². The first-order chi connectivity index (χ1) is 8.28. The van der Waals surface area contributed by atoms with E-state index in [1.807, 2.05) is 19.1 Å². The molecule has 0 amide bonds. The van der Waals surface area contributed by atoms with Gasteiger partial charge in [-0.2, -0.15) is 0 Å². The summed E-state index contributed by atoms with van der Waals surface area (Å²) in [6.07, 6.45) is 0. The van der Waals surface area contributed by atoms with Crippen LogP contribution in [0.4, 0.5) is 11.7 Å². The quantitative estimate of drug-likeness (QED) is 0.856. The maximum Gasteiger partial charge on any atom is 0.320 e. The first kappa shape index (κ1) is 11.9. The molecule has 0 saturated carbocycles. The minimum Gasteiger partial charge on any atom is -0.406 e. The number of nitrogens with one attached hydrogen (secondary N) is 2. The largest absolute Gasteiger partial charge is 0.406 e. The molecule has 1 aromatic carbocycles. The van der Waals surface area contributed by atoms with Crippen LogP contribution in [0.1, 0.15) is 12.8 Å². The molecule has 0 radical (unpaired) electrons.